The van der Waals surface area contributed by atoms with E-state index in [1.165, 1.54) is 12.1 Å². The highest BCUT2D eigenvalue weighted by Gasteiger charge is 2.18. The maximum atomic E-state index is 11.9. The van der Waals surface area contributed by atoms with E-state index in [9.17, 15) is 16.8 Å². The van der Waals surface area contributed by atoms with Crippen LogP contribution in [-0.4, -0.2) is 41.9 Å². The van der Waals surface area contributed by atoms with E-state index in [1.807, 2.05) is 6.92 Å². The summed E-state index contributed by atoms with van der Waals surface area (Å²) in [5.74, 6) is 0. The molecule has 0 bridgehead atoms. The van der Waals surface area contributed by atoms with Crippen LogP contribution >= 0.6 is 0 Å². The molecule has 0 fully saturated rings. The first-order chi connectivity index (χ1) is 9.55. The van der Waals surface area contributed by atoms with E-state index in [0.717, 1.165) is 25.5 Å². The Kier molecular flexibility index (Phi) is 5.95. The van der Waals surface area contributed by atoms with Crippen molar-refractivity contribution >= 4 is 19.7 Å². The molecule has 1 aromatic carbocycles. The zero-order chi connectivity index (χ0) is 16.3. The van der Waals surface area contributed by atoms with Gasteiger partial charge in [-0.3, -0.25) is 0 Å². The molecule has 0 aromatic heterocycles. The summed E-state index contributed by atoms with van der Waals surface area (Å²) in [5.41, 5.74) is 0.640. The van der Waals surface area contributed by atoms with Gasteiger partial charge in [0.1, 0.15) is 0 Å². The Bertz CT molecular complexity index is 694. The highest BCUT2D eigenvalue weighted by molar-refractivity contribution is 7.91. The molecule has 1 atom stereocenters. The molecule has 1 rings (SSSR count). The van der Waals surface area contributed by atoms with Crippen LogP contribution in [0.4, 0.5) is 0 Å². The Morgan fingerprint density at radius 2 is 1.71 bits per heavy atom. The average molecular weight is 333 g/mol. The van der Waals surface area contributed by atoms with Crippen LogP contribution in [0.15, 0.2) is 28.0 Å². The zero-order valence-corrected chi connectivity index (χ0v) is 14.5. The molecule has 7 heteroatoms. The standard InChI is InChI=1S/C14H23NO4S2/c1-5-8-15-11(2)9-12-6-7-13(20(3,16)17)10-14(12)21(4,18)19/h6-7,10-11,15H,5,8-9H2,1-4H3. The van der Waals surface area contributed by atoms with E-state index in [1.54, 1.807) is 6.07 Å². The van der Waals surface area contributed by atoms with Crippen molar-refractivity contribution in [3.8, 4) is 0 Å². The molecule has 5 nitrogen and oxygen atoms in total. The molecule has 1 N–H and O–H groups in total. The Morgan fingerprint density at radius 3 is 2.19 bits per heavy atom. The van der Waals surface area contributed by atoms with Crippen LogP contribution in [-0.2, 0) is 26.1 Å². The molecule has 0 saturated heterocycles. The molecule has 21 heavy (non-hydrogen) atoms. The average Bonchev–Trinajstić information content (AvgIpc) is 2.34. The van der Waals surface area contributed by atoms with E-state index in [0.29, 0.717) is 12.0 Å². The summed E-state index contributed by atoms with van der Waals surface area (Å²) in [7, 11) is -6.90. The summed E-state index contributed by atoms with van der Waals surface area (Å²) < 4.78 is 47.0. The molecule has 1 unspecified atom stereocenters. The van der Waals surface area contributed by atoms with Crippen molar-refractivity contribution in [1.82, 2.24) is 5.32 Å². The van der Waals surface area contributed by atoms with Gasteiger partial charge in [0.2, 0.25) is 0 Å². The van der Waals surface area contributed by atoms with Gasteiger partial charge in [-0.05, 0) is 44.0 Å². The minimum Gasteiger partial charge on any atom is -0.314 e. The van der Waals surface area contributed by atoms with Crippen molar-refractivity contribution in [1.29, 1.82) is 0 Å². The first-order valence-electron chi connectivity index (χ1n) is 6.82. The minimum atomic E-state index is -3.47. The summed E-state index contributed by atoms with van der Waals surface area (Å²) in [6.07, 6.45) is 3.70. The van der Waals surface area contributed by atoms with Crippen LogP contribution in [0.1, 0.15) is 25.8 Å². The van der Waals surface area contributed by atoms with Crippen molar-refractivity contribution in [3.63, 3.8) is 0 Å². The third kappa shape index (κ3) is 5.41. The number of sulfone groups is 2. The number of hydrogen-bond acceptors (Lipinski definition) is 5. The summed E-state index contributed by atoms with van der Waals surface area (Å²) in [6.45, 7) is 4.89. The lowest BCUT2D eigenvalue weighted by Crippen LogP contribution is -2.29. The first-order valence-corrected chi connectivity index (χ1v) is 10.6. The molecular formula is C14H23NO4S2. The van der Waals surface area contributed by atoms with E-state index >= 15 is 0 Å². The van der Waals surface area contributed by atoms with Crippen molar-refractivity contribution in [2.24, 2.45) is 0 Å². The molecule has 0 radical (unpaired) electrons. The van der Waals surface area contributed by atoms with Gasteiger partial charge in [-0.2, -0.15) is 0 Å². The topological polar surface area (TPSA) is 80.3 Å². The molecule has 1 aromatic rings. The second-order valence-electron chi connectivity index (χ2n) is 5.37. The van der Waals surface area contributed by atoms with Gasteiger partial charge < -0.3 is 5.32 Å². The predicted octanol–water partition coefficient (Wildman–Crippen LogP) is 1.42. The monoisotopic (exact) mass is 333 g/mol. The summed E-state index contributed by atoms with van der Waals surface area (Å²) in [6, 6.07) is 4.43. The maximum Gasteiger partial charge on any atom is 0.175 e. The third-order valence-corrected chi connectivity index (χ3v) is 5.42. The van der Waals surface area contributed by atoms with Gasteiger partial charge in [-0.25, -0.2) is 16.8 Å². The summed E-state index contributed by atoms with van der Waals surface area (Å²) in [4.78, 5) is 0.122. The highest BCUT2D eigenvalue weighted by atomic mass is 32.2. The maximum absolute atomic E-state index is 11.9. The first kappa shape index (κ1) is 18.1. The third-order valence-electron chi connectivity index (χ3n) is 3.14. The SMILES string of the molecule is CCCNC(C)Cc1ccc(S(C)(=O)=O)cc1S(C)(=O)=O. The van der Waals surface area contributed by atoms with Crippen LogP contribution in [0.25, 0.3) is 0 Å². The van der Waals surface area contributed by atoms with Crippen molar-refractivity contribution in [2.45, 2.75) is 42.5 Å². The summed E-state index contributed by atoms with van der Waals surface area (Å²) in [5, 5.41) is 3.29. The van der Waals surface area contributed by atoms with E-state index in [4.69, 9.17) is 0 Å². The normalized spacial score (nSPS) is 14.1. The number of hydrogen-bond donors (Lipinski definition) is 1. The van der Waals surface area contributed by atoms with Gasteiger partial charge >= 0.3 is 0 Å². The van der Waals surface area contributed by atoms with Gasteiger partial charge in [0, 0.05) is 18.6 Å². The van der Waals surface area contributed by atoms with Crippen LogP contribution in [0.2, 0.25) is 0 Å². The van der Waals surface area contributed by atoms with Crippen LogP contribution in [0, 0.1) is 0 Å². The lowest BCUT2D eigenvalue weighted by molar-refractivity contribution is 0.538. The molecule has 0 saturated carbocycles. The quantitative estimate of drug-likeness (QED) is 0.816. The number of benzene rings is 1. The minimum absolute atomic E-state index is 0.0286. The van der Waals surface area contributed by atoms with E-state index in [2.05, 4.69) is 12.2 Å². The molecule has 0 aliphatic heterocycles. The van der Waals surface area contributed by atoms with Gasteiger partial charge in [0.25, 0.3) is 0 Å². The van der Waals surface area contributed by atoms with E-state index in [-0.39, 0.29) is 15.8 Å². The molecule has 0 amide bonds. The van der Waals surface area contributed by atoms with Gasteiger partial charge in [-0.15, -0.1) is 0 Å². The van der Waals surface area contributed by atoms with Gasteiger partial charge in [0.05, 0.1) is 9.79 Å². The molecule has 0 aliphatic rings. The second-order valence-corrected chi connectivity index (χ2v) is 9.37. The fourth-order valence-electron chi connectivity index (χ4n) is 2.07. The number of nitrogens with one attached hydrogen (secondary N) is 1. The van der Waals surface area contributed by atoms with Gasteiger partial charge in [0.15, 0.2) is 19.7 Å². The van der Waals surface area contributed by atoms with Crippen molar-refractivity contribution in [2.75, 3.05) is 19.1 Å². The molecule has 0 heterocycles. The van der Waals surface area contributed by atoms with Crippen LogP contribution < -0.4 is 5.32 Å². The highest BCUT2D eigenvalue weighted by Crippen LogP contribution is 2.22. The van der Waals surface area contributed by atoms with Crippen molar-refractivity contribution in [3.05, 3.63) is 23.8 Å². The summed E-state index contributed by atoms with van der Waals surface area (Å²) >= 11 is 0. The number of rotatable bonds is 7. The Balaban J connectivity index is 3.21. The molecule has 120 valence electrons. The lowest BCUT2D eigenvalue weighted by Gasteiger charge is -2.16. The Hall–Kier alpha value is -0.920. The van der Waals surface area contributed by atoms with Crippen LogP contribution in [0.5, 0.6) is 0 Å². The van der Waals surface area contributed by atoms with Crippen molar-refractivity contribution < 1.29 is 16.8 Å². The molecule has 0 aliphatic carbocycles. The fraction of sp³-hybridized carbons (Fsp3) is 0.571. The predicted molar refractivity (Wildman–Crippen MR) is 84.1 cm³/mol. The van der Waals surface area contributed by atoms with Gasteiger partial charge in [-0.1, -0.05) is 13.0 Å². The Morgan fingerprint density at radius 1 is 1.10 bits per heavy atom. The smallest absolute Gasteiger partial charge is 0.175 e. The largest absolute Gasteiger partial charge is 0.314 e. The molecule has 0 spiro atoms. The lowest BCUT2D eigenvalue weighted by atomic mass is 10.1. The van der Waals surface area contributed by atoms with Crippen LogP contribution in [0.3, 0.4) is 0 Å². The second kappa shape index (κ2) is 6.89. The Labute approximate surface area is 127 Å². The fourth-order valence-corrected chi connectivity index (χ4v) is 3.76. The zero-order valence-electron chi connectivity index (χ0n) is 12.9. The van der Waals surface area contributed by atoms with E-state index < -0.39 is 19.7 Å². The molecular weight excluding hydrogens is 310 g/mol.